The van der Waals surface area contributed by atoms with Crippen molar-refractivity contribution >= 4 is 38.9 Å². The minimum absolute atomic E-state index is 0.0490. The molecule has 1 fully saturated rings. The zero-order valence-electron chi connectivity index (χ0n) is 17.1. The molecule has 1 saturated heterocycles. The van der Waals surface area contributed by atoms with Gasteiger partial charge >= 0.3 is 0 Å². The van der Waals surface area contributed by atoms with Crippen molar-refractivity contribution in [3.8, 4) is 0 Å². The van der Waals surface area contributed by atoms with Gasteiger partial charge in [0.15, 0.2) is 0 Å². The number of likely N-dealkylation sites (tertiary alicyclic amines) is 1. The van der Waals surface area contributed by atoms with Crippen LogP contribution in [0.15, 0.2) is 52.1 Å². The summed E-state index contributed by atoms with van der Waals surface area (Å²) in [6.07, 6.45) is 1.10. The van der Waals surface area contributed by atoms with Gasteiger partial charge in [-0.3, -0.25) is 9.59 Å². The molecule has 1 aromatic carbocycles. The van der Waals surface area contributed by atoms with Crippen molar-refractivity contribution in [2.45, 2.75) is 36.9 Å². The smallest absolute Gasteiger partial charge is 0.250 e. The highest BCUT2D eigenvalue weighted by Crippen LogP contribution is 2.22. The Morgan fingerprint density at radius 2 is 1.73 bits per heavy atom. The number of benzene rings is 1. The van der Waals surface area contributed by atoms with Gasteiger partial charge in [0.25, 0.3) is 10.0 Å². The van der Waals surface area contributed by atoms with Gasteiger partial charge in [-0.2, -0.15) is 4.72 Å². The molecular formula is C21H27N3O4S2. The van der Waals surface area contributed by atoms with E-state index < -0.39 is 16.1 Å². The summed E-state index contributed by atoms with van der Waals surface area (Å²) in [4.78, 5) is 27.2. The van der Waals surface area contributed by atoms with Crippen LogP contribution in [0.2, 0.25) is 0 Å². The minimum atomic E-state index is -3.75. The predicted octanol–water partition coefficient (Wildman–Crippen LogP) is 2.93. The van der Waals surface area contributed by atoms with E-state index in [1.54, 1.807) is 16.3 Å². The first-order valence-corrected chi connectivity index (χ1v) is 12.3. The van der Waals surface area contributed by atoms with Crippen molar-refractivity contribution in [2.24, 2.45) is 11.8 Å². The second kappa shape index (κ2) is 9.72. The number of hydrogen-bond acceptors (Lipinski definition) is 5. The maximum atomic E-state index is 13.1. The van der Waals surface area contributed by atoms with Crippen molar-refractivity contribution in [1.82, 2.24) is 9.62 Å². The molecule has 0 aliphatic carbocycles. The molecule has 162 valence electrons. The van der Waals surface area contributed by atoms with Crippen LogP contribution in [0.5, 0.6) is 0 Å². The summed E-state index contributed by atoms with van der Waals surface area (Å²) in [6, 6.07) is 11.6. The molecule has 30 heavy (non-hydrogen) atoms. The summed E-state index contributed by atoms with van der Waals surface area (Å²) < 4.78 is 27.9. The Labute approximate surface area is 181 Å². The summed E-state index contributed by atoms with van der Waals surface area (Å²) >= 11 is 1.12. The Bertz CT molecular complexity index is 951. The van der Waals surface area contributed by atoms with E-state index in [-0.39, 0.29) is 27.9 Å². The molecule has 3 rings (SSSR count). The summed E-state index contributed by atoms with van der Waals surface area (Å²) in [5.41, 5.74) is 0.754. The zero-order valence-corrected chi connectivity index (χ0v) is 18.7. The standard InChI is InChI=1S/C21H27N3O4S2/c1-15(2)19(23-30(27,28)18-9-6-14-29-18)21(26)24-12-10-16(11-13-24)20(25)22-17-7-4-3-5-8-17/h3-9,14-16,19,23H,10-13H2,1-2H3,(H,22,25)/t19-/m1/s1. The summed E-state index contributed by atoms with van der Waals surface area (Å²) in [5, 5.41) is 4.60. The normalized spacial score (nSPS) is 16.4. The van der Waals surface area contributed by atoms with Gasteiger partial charge in [0.2, 0.25) is 11.8 Å². The highest BCUT2D eigenvalue weighted by atomic mass is 32.2. The maximum Gasteiger partial charge on any atom is 0.250 e. The molecule has 0 bridgehead atoms. The Morgan fingerprint density at radius 1 is 1.07 bits per heavy atom. The third-order valence-corrected chi connectivity index (χ3v) is 8.03. The fourth-order valence-electron chi connectivity index (χ4n) is 3.44. The van der Waals surface area contributed by atoms with E-state index in [4.69, 9.17) is 0 Å². The van der Waals surface area contributed by atoms with Crippen LogP contribution in [-0.4, -0.2) is 44.3 Å². The van der Waals surface area contributed by atoms with Crippen molar-refractivity contribution < 1.29 is 18.0 Å². The molecule has 2 aromatic rings. The molecule has 2 amide bonds. The van der Waals surface area contributed by atoms with Crippen molar-refractivity contribution in [3.05, 3.63) is 47.8 Å². The zero-order chi connectivity index (χ0) is 21.7. The maximum absolute atomic E-state index is 13.1. The summed E-state index contributed by atoms with van der Waals surface area (Å²) in [7, 11) is -3.75. The van der Waals surface area contributed by atoms with Gasteiger partial charge in [-0.05, 0) is 42.3 Å². The second-order valence-corrected chi connectivity index (χ2v) is 10.6. The van der Waals surface area contributed by atoms with Gasteiger partial charge in [-0.25, -0.2) is 8.42 Å². The fraction of sp³-hybridized carbons (Fsp3) is 0.429. The van der Waals surface area contributed by atoms with Gasteiger partial charge in [0, 0.05) is 24.7 Å². The lowest BCUT2D eigenvalue weighted by atomic mass is 9.94. The summed E-state index contributed by atoms with van der Waals surface area (Å²) in [5.74, 6) is -0.667. The van der Waals surface area contributed by atoms with Crippen molar-refractivity contribution in [3.63, 3.8) is 0 Å². The van der Waals surface area contributed by atoms with Crippen LogP contribution in [0.3, 0.4) is 0 Å². The van der Waals surface area contributed by atoms with Gasteiger partial charge in [-0.15, -0.1) is 11.3 Å². The third kappa shape index (κ3) is 5.47. The molecule has 0 saturated carbocycles. The van der Waals surface area contributed by atoms with E-state index in [1.165, 1.54) is 6.07 Å². The number of nitrogens with zero attached hydrogens (tertiary/aromatic N) is 1. The Kier molecular flexibility index (Phi) is 7.27. The Morgan fingerprint density at radius 3 is 2.30 bits per heavy atom. The van der Waals surface area contributed by atoms with Crippen molar-refractivity contribution in [2.75, 3.05) is 18.4 Å². The van der Waals surface area contributed by atoms with E-state index in [2.05, 4.69) is 10.0 Å². The lowest BCUT2D eigenvalue weighted by molar-refractivity contribution is -0.137. The average Bonchev–Trinajstić information content (AvgIpc) is 3.28. The predicted molar refractivity (Wildman–Crippen MR) is 118 cm³/mol. The van der Waals surface area contributed by atoms with E-state index in [1.807, 2.05) is 44.2 Å². The van der Waals surface area contributed by atoms with Crippen LogP contribution >= 0.6 is 11.3 Å². The SMILES string of the molecule is CC(C)[C@@H](NS(=O)(=O)c1cccs1)C(=O)N1CCC(C(=O)Nc2ccccc2)CC1. The Balaban J connectivity index is 1.59. The number of rotatable bonds is 7. The lowest BCUT2D eigenvalue weighted by Crippen LogP contribution is -2.53. The van der Waals surface area contributed by atoms with Crippen LogP contribution < -0.4 is 10.0 Å². The monoisotopic (exact) mass is 449 g/mol. The molecule has 1 aromatic heterocycles. The van der Waals surface area contributed by atoms with Gasteiger partial charge in [0.05, 0.1) is 0 Å². The molecule has 1 aliphatic rings. The molecule has 9 heteroatoms. The average molecular weight is 450 g/mol. The number of anilines is 1. The number of thiophene rings is 1. The van der Waals surface area contributed by atoms with Gasteiger partial charge < -0.3 is 10.2 Å². The summed E-state index contributed by atoms with van der Waals surface area (Å²) in [6.45, 7) is 4.49. The number of hydrogen-bond donors (Lipinski definition) is 2. The second-order valence-electron chi connectivity index (χ2n) is 7.73. The number of carbonyl (C=O) groups is 2. The van der Waals surface area contributed by atoms with Crippen molar-refractivity contribution in [1.29, 1.82) is 0 Å². The molecule has 0 spiro atoms. The molecule has 0 unspecified atom stereocenters. The largest absolute Gasteiger partial charge is 0.341 e. The van der Waals surface area contributed by atoms with E-state index in [9.17, 15) is 18.0 Å². The number of carbonyl (C=O) groups excluding carboxylic acids is 2. The third-order valence-electron chi connectivity index (χ3n) is 5.19. The molecule has 2 heterocycles. The highest BCUT2D eigenvalue weighted by molar-refractivity contribution is 7.91. The van der Waals surface area contributed by atoms with Crippen LogP contribution in [-0.2, 0) is 19.6 Å². The van der Waals surface area contributed by atoms with Crippen LogP contribution in [0.25, 0.3) is 0 Å². The van der Waals surface area contributed by atoms with E-state index >= 15 is 0 Å². The molecule has 0 radical (unpaired) electrons. The molecule has 1 atom stereocenters. The first-order valence-electron chi connectivity index (χ1n) is 9.98. The highest BCUT2D eigenvalue weighted by Gasteiger charge is 2.34. The van der Waals surface area contributed by atoms with E-state index in [0.29, 0.717) is 25.9 Å². The number of para-hydroxylation sites is 1. The first-order chi connectivity index (χ1) is 14.3. The molecular weight excluding hydrogens is 422 g/mol. The van der Waals surface area contributed by atoms with Crippen LogP contribution in [0, 0.1) is 11.8 Å². The molecule has 7 nitrogen and oxygen atoms in total. The van der Waals surface area contributed by atoms with E-state index in [0.717, 1.165) is 17.0 Å². The number of piperidine rings is 1. The number of sulfonamides is 1. The number of amides is 2. The molecule has 1 aliphatic heterocycles. The fourth-order valence-corrected chi connectivity index (χ4v) is 5.79. The quantitative estimate of drug-likeness (QED) is 0.679. The first kappa shape index (κ1) is 22.5. The minimum Gasteiger partial charge on any atom is -0.341 e. The van der Waals surface area contributed by atoms with Gasteiger partial charge in [0.1, 0.15) is 10.3 Å². The van der Waals surface area contributed by atoms with Crippen LogP contribution in [0.4, 0.5) is 5.69 Å². The molecule has 2 N–H and O–H groups in total. The van der Waals surface area contributed by atoms with Gasteiger partial charge in [-0.1, -0.05) is 38.1 Å². The Hall–Kier alpha value is -2.23. The number of nitrogens with one attached hydrogen (secondary N) is 2. The topological polar surface area (TPSA) is 95.6 Å². The lowest BCUT2D eigenvalue weighted by Gasteiger charge is -2.34. The van der Waals surface area contributed by atoms with Crippen LogP contribution in [0.1, 0.15) is 26.7 Å².